The second-order valence-corrected chi connectivity index (χ2v) is 11.0. The first-order valence-electron chi connectivity index (χ1n) is 12.2. The van der Waals surface area contributed by atoms with E-state index in [0.717, 1.165) is 18.5 Å². The summed E-state index contributed by atoms with van der Waals surface area (Å²) in [5, 5.41) is 8.23. The molecule has 0 aliphatic carbocycles. The van der Waals surface area contributed by atoms with E-state index < -0.39 is 24.0 Å². The number of benzene rings is 2. The fourth-order valence-electron chi connectivity index (χ4n) is 4.46. The zero-order chi connectivity index (χ0) is 30.4. The van der Waals surface area contributed by atoms with Crippen LogP contribution < -0.4 is 0 Å². The zero-order valence-corrected chi connectivity index (χ0v) is 24.4. The van der Waals surface area contributed by atoms with Crippen molar-refractivity contribution in [2.75, 3.05) is 26.2 Å². The van der Waals surface area contributed by atoms with Crippen molar-refractivity contribution < 1.29 is 26.3 Å². The fraction of sp³-hybridized carbons (Fsp3) is 0.333. The Balaban J connectivity index is 1.31. The largest absolute Gasteiger partial charge is 0.452 e. The maximum atomic E-state index is 13.8. The van der Waals surface area contributed by atoms with Crippen molar-refractivity contribution in [1.82, 2.24) is 38.5 Å². The van der Waals surface area contributed by atoms with Crippen molar-refractivity contribution in [3.8, 4) is 11.4 Å². The highest BCUT2D eigenvalue weighted by atomic mass is 35.5. The predicted octanol–water partition coefficient (Wildman–Crippen LogP) is 6.70. The highest BCUT2D eigenvalue weighted by molar-refractivity contribution is 7.71. The molecule has 224 valence electrons. The minimum Gasteiger partial charge on any atom is -0.282 e. The highest BCUT2D eigenvalue weighted by Gasteiger charge is 2.40. The Hall–Kier alpha value is -2.76. The molecule has 42 heavy (non-hydrogen) atoms. The van der Waals surface area contributed by atoms with E-state index in [0.29, 0.717) is 36.2 Å². The van der Waals surface area contributed by atoms with Crippen LogP contribution >= 0.6 is 47.6 Å². The summed E-state index contributed by atoms with van der Waals surface area (Å²) in [6, 6.07) is 11.5. The topological polar surface area (TPSA) is 52.0 Å². The normalized spacial score (nSPS) is 15.4. The lowest BCUT2D eigenvalue weighted by Gasteiger charge is -2.34. The minimum absolute atomic E-state index is 0.0147. The monoisotopic (exact) mass is 668 g/mol. The molecule has 0 bridgehead atoms. The summed E-state index contributed by atoms with van der Waals surface area (Å²) >= 11 is 22.5. The van der Waals surface area contributed by atoms with Gasteiger partial charge in [0.2, 0.25) is 21.2 Å². The smallest absolute Gasteiger partial charge is 0.282 e. The molecule has 0 spiro atoms. The third-order valence-corrected chi connectivity index (χ3v) is 7.78. The van der Waals surface area contributed by atoms with Crippen LogP contribution in [0.5, 0.6) is 0 Å². The van der Waals surface area contributed by atoms with Gasteiger partial charge in [0.25, 0.3) is 0 Å². The van der Waals surface area contributed by atoms with Crippen LogP contribution in [-0.4, -0.2) is 64.7 Å². The number of aromatic nitrogens is 6. The van der Waals surface area contributed by atoms with Gasteiger partial charge >= 0.3 is 12.4 Å². The summed E-state index contributed by atoms with van der Waals surface area (Å²) in [5.41, 5.74) is 0.335. The number of halogens is 8. The molecule has 1 fully saturated rings. The van der Waals surface area contributed by atoms with E-state index in [1.807, 2.05) is 9.80 Å². The molecule has 3 heterocycles. The van der Waals surface area contributed by atoms with E-state index in [2.05, 4.69) is 10.2 Å². The quantitative estimate of drug-likeness (QED) is 0.168. The molecule has 0 amide bonds. The summed E-state index contributed by atoms with van der Waals surface area (Å²) in [4.78, 5) is 3.69. The average molecular weight is 670 g/mol. The summed E-state index contributed by atoms with van der Waals surface area (Å²) in [6.07, 6.45) is -9.53. The highest BCUT2D eigenvalue weighted by Crippen LogP contribution is 2.32. The number of rotatable bonds is 6. The van der Waals surface area contributed by atoms with Gasteiger partial charge in [-0.2, -0.15) is 26.3 Å². The molecule has 8 nitrogen and oxygen atoms in total. The van der Waals surface area contributed by atoms with Crippen molar-refractivity contribution in [2.24, 2.45) is 0 Å². The molecule has 1 aliphatic rings. The van der Waals surface area contributed by atoms with Crippen molar-refractivity contribution in [3.63, 3.8) is 0 Å². The SMILES string of the molecule is FC(F)(F)c1nn(CN2CCN(Cn3nc(C(F)(F)F)n(-c4ccc(Cl)cc4)c3=S)CC2)c(=S)n1-c1ccc(Cl)cc1. The van der Waals surface area contributed by atoms with E-state index in [-0.39, 0.29) is 34.3 Å². The van der Waals surface area contributed by atoms with E-state index >= 15 is 0 Å². The van der Waals surface area contributed by atoms with Gasteiger partial charge in [0.15, 0.2) is 0 Å². The number of hydrogen-bond acceptors (Lipinski definition) is 6. The standard InChI is InChI=1S/C24H20Cl2F6N8S2/c25-15-1-5-17(6-2-15)39-19(23(27,28)29)33-37(21(39)41)13-35-9-11-36(12-10-35)14-38-22(42)40(20(34-38)24(30,31)32)18-7-3-16(26)4-8-18/h1-8H,9-14H2. The second kappa shape index (κ2) is 11.7. The van der Waals surface area contributed by atoms with Crippen LogP contribution in [0, 0.1) is 9.54 Å². The molecule has 1 aliphatic heterocycles. The maximum absolute atomic E-state index is 13.8. The molecular formula is C24H20Cl2F6N8S2. The van der Waals surface area contributed by atoms with Gasteiger partial charge in [-0.3, -0.25) is 18.9 Å². The Morgan fingerprint density at radius 3 is 1.19 bits per heavy atom. The van der Waals surface area contributed by atoms with Gasteiger partial charge in [0.05, 0.1) is 24.7 Å². The zero-order valence-electron chi connectivity index (χ0n) is 21.3. The van der Waals surface area contributed by atoms with Crippen LogP contribution in [0.1, 0.15) is 11.6 Å². The van der Waals surface area contributed by atoms with Crippen molar-refractivity contribution >= 4 is 47.6 Å². The Morgan fingerprint density at radius 2 is 0.905 bits per heavy atom. The second-order valence-electron chi connectivity index (χ2n) is 9.35. The van der Waals surface area contributed by atoms with E-state index in [4.69, 9.17) is 47.6 Å². The third kappa shape index (κ3) is 6.43. The van der Waals surface area contributed by atoms with Gasteiger partial charge in [-0.1, -0.05) is 23.2 Å². The fourth-order valence-corrected chi connectivity index (χ4v) is 5.30. The Labute approximate surface area is 254 Å². The minimum atomic E-state index is -4.76. The molecule has 1 saturated heterocycles. The van der Waals surface area contributed by atoms with E-state index in [9.17, 15) is 26.3 Å². The Kier molecular flexibility index (Phi) is 8.57. The van der Waals surface area contributed by atoms with Crippen LogP contribution in [-0.2, 0) is 25.7 Å². The Morgan fingerprint density at radius 1 is 0.595 bits per heavy atom. The molecule has 5 rings (SSSR count). The molecule has 0 atom stereocenters. The molecule has 0 unspecified atom stereocenters. The van der Waals surface area contributed by atoms with Gasteiger partial charge < -0.3 is 0 Å². The van der Waals surface area contributed by atoms with Crippen molar-refractivity contribution in [1.29, 1.82) is 0 Å². The number of nitrogens with zero attached hydrogens (tertiary/aromatic N) is 8. The van der Waals surface area contributed by atoms with Crippen LogP contribution in [0.15, 0.2) is 48.5 Å². The van der Waals surface area contributed by atoms with Gasteiger partial charge in [-0.15, -0.1) is 10.2 Å². The first kappa shape index (κ1) is 30.7. The van der Waals surface area contributed by atoms with Crippen LogP contribution in [0.4, 0.5) is 26.3 Å². The van der Waals surface area contributed by atoms with Crippen LogP contribution in [0.3, 0.4) is 0 Å². The molecule has 0 saturated carbocycles. The summed E-state index contributed by atoms with van der Waals surface area (Å²) in [7, 11) is 0. The van der Waals surface area contributed by atoms with Crippen LogP contribution in [0.2, 0.25) is 10.0 Å². The lowest BCUT2D eigenvalue weighted by molar-refractivity contribution is -0.147. The summed E-state index contributed by atoms with van der Waals surface area (Å²) in [5.74, 6) is -2.33. The molecular weight excluding hydrogens is 649 g/mol. The number of piperazine rings is 1. The Bertz CT molecular complexity index is 1560. The summed E-state index contributed by atoms with van der Waals surface area (Å²) in [6.45, 7) is 1.50. The van der Waals surface area contributed by atoms with Crippen LogP contribution in [0.25, 0.3) is 11.4 Å². The molecule has 4 aromatic rings. The van der Waals surface area contributed by atoms with Gasteiger partial charge in [0.1, 0.15) is 0 Å². The predicted molar refractivity (Wildman–Crippen MR) is 148 cm³/mol. The van der Waals surface area contributed by atoms with E-state index in [1.54, 1.807) is 0 Å². The maximum Gasteiger partial charge on any atom is 0.452 e. The summed E-state index contributed by atoms with van der Waals surface area (Å²) < 4.78 is 86.5. The first-order valence-corrected chi connectivity index (χ1v) is 13.8. The van der Waals surface area contributed by atoms with Gasteiger partial charge in [-0.25, -0.2) is 9.36 Å². The van der Waals surface area contributed by atoms with Gasteiger partial charge in [-0.05, 0) is 73.0 Å². The molecule has 0 radical (unpaired) electrons. The lowest BCUT2D eigenvalue weighted by atomic mass is 10.3. The van der Waals surface area contributed by atoms with Crippen molar-refractivity contribution in [3.05, 3.63) is 79.8 Å². The molecule has 0 N–H and O–H groups in total. The van der Waals surface area contributed by atoms with E-state index in [1.165, 1.54) is 48.5 Å². The molecule has 2 aromatic carbocycles. The van der Waals surface area contributed by atoms with Gasteiger partial charge in [0, 0.05) is 36.2 Å². The third-order valence-electron chi connectivity index (χ3n) is 6.49. The first-order chi connectivity index (χ1) is 19.7. The lowest BCUT2D eigenvalue weighted by Crippen LogP contribution is -2.47. The number of alkyl halides is 6. The average Bonchev–Trinajstić information content (AvgIpc) is 3.43. The molecule has 18 heteroatoms. The number of hydrogen-bond donors (Lipinski definition) is 0. The molecule has 2 aromatic heterocycles. The van der Waals surface area contributed by atoms with Crippen molar-refractivity contribution in [2.45, 2.75) is 25.7 Å².